The number of likely N-dealkylation sites (N-methyl/N-ethyl adjacent to an activating group) is 1. The number of hydroxylamine groups is 2. The summed E-state index contributed by atoms with van der Waals surface area (Å²) < 4.78 is 29.4. The molecule has 74 heavy (non-hydrogen) atoms. The van der Waals surface area contributed by atoms with Gasteiger partial charge in [0.25, 0.3) is 11.8 Å². The van der Waals surface area contributed by atoms with Gasteiger partial charge in [-0.2, -0.15) is 0 Å². The zero-order valence-corrected chi connectivity index (χ0v) is 44.5. The van der Waals surface area contributed by atoms with Crippen LogP contribution in [0.5, 0.6) is 5.75 Å². The first-order valence-corrected chi connectivity index (χ1v) is 26.3. The molecule has 1 aliphatic carbocycles. The zero-order chi connectivity index (χ0) is 54.0. The van der Waals surface area contributed by atoms with E-state index in [0.29, 0.717) is 48.6 Å². The molecular weight excluding hydrogens is 1010 g/mol. The molecule has 1 aromatic carbocycles. The third-order valence-corrected chi connectivity index (χ3v) is 16.8. The molecule has 6 aliphatic rings. The standard InChI is InChI=1S/C51H66ClN5O16S/c1-27-10-9-11-37(69-8)51(67)25-35(70-49(66)53-51)28(2)45-50(4,72-45)38(24-42(61)55(6)33-21-31(20-27)22-34(68-7)44(33)52)71-47(64)29(3)54(5)39(58)18-19-74-36-23-43(62)56(46(36)63)26-30-12-14-32(15-13-30)48(65)73-57-40(59)16-17-41(57)60/h9-11,21-22,28-30,32,35-38,45,67H,12-20,23-26H2,1-8H3,(H,53,66)/b11-9?,27-10+/t28-,29+,30?,32?,35+,36?,37-,38-,45?,50+,51+/m1/s1. The van der Waals surface area contributed by atoms with E-state index in [-0.39, 0.29) is 67.2 Å². The van der Waals surface area contributed by atoms with Gasteiger partial charge in [-0.3, -0.25) is 39.0 Å². The number of thioether (sulfide) groups is 1. The fourth-order valence-corrected chi connectivity index (χ4v) is 11.7. The number of amides is 7. The summed E-state index contributed by atoms with van der Waals surface area (Å²) in [6.45, 7) is 6.99. The van der Waals surface area contributed by atoms with Crippen molar-refractivity contribution < 1.29 is 76.8 Å². The maximum atomic E-state index is 14.4. The van der Waals surface area contributed by atoms with Crippen molar-refractivity contribution in [2.24, 2.45) is 17.8 Å². The molecule has 4 saturated heterocycles. The lowest BCUT2D eigenvalue weighted by Gasteiger charge is -2.42. The SMILES string of the molecule is COc1cc2cc(c1Cl)N(C)C(=O)C[C@@H](OC(=O)[C@H](C)N(C)C(=O)CCSC1CC(=O)N(CC3CCC(C(=O)ON4C(=O)CCC4=O)CC3)C1=O)[C@]1(C)OC1[C@H](C)[C@@H]1C[C@@](O)(NC(=O)O1)[C@H](OC)C=C/C=C(\C)C2. The van der Waals surface area contributed by atoms with E-state index in [1.54, 1.807) is 38.1 Å². The summed E-state index contributed by atoms with van der Waals surface area (Å²) in [5, 5.41) is 14.4. The number of nitrogens with one attached hydrogen (secondary N) is 1. The highest BCUT2D eigenvalue weighted by molar-refractivity contribution is 8.00. The Labute approximate surface area is 438 Å². The first-order chi connectivity index (χ1) is 35.0. The lowest BCUT2D eigenvalue weighted by Crippen LogP contribution is -2.63. The lowest BCUT2D eigenvalue weighted by atomic mass is 9.82. The quantitative estimate of drug-likeness (QED) is 0.160. The highest BCUT2D eigenvalue weighted by Crippen LogP contribution is 2.49. The number of ether oxygens (including phenoxy) is 5. The average molecular weight is 1070 g/mol. The van der Waals surface area contributed by atoms with Gasteiger partial charge >= 0.3 is 18.0 Å². The number of alkyl carbamates (subject to hydrolysis) is 1. The number of epoxide rings is 1. The van der Waals surface area contributed by atoms with Gasteiger partial charge in [-0.25, -0.2) is 14.4 Å². The molecule has 7 amide bonds. The van der Waals surface area contributed by atoms with Crippen LogP contribution in [-0.4, -0.2) is 161 Å². The van der Waals surface area contributed by atoms with Crippen LogP contribution in [0.2, 0.25) is 5.02 Å². The molecule has 0 aromatic heterocycles. The van der Waals surface area contributed by atoms with Crippen molar-refractivity contribution in [3.63, 3.8) is 0 Å². The van der Waals surface area contributed by atoms with Crippen molar-refractivity contribution in [1.82, 2.24) is 20.2 Å². The van der Waals surface area contributed by atoms with E-state index < -0.39 is 107 Å². The molecule has 5 fully saturated rings. The van der Waals surface area contributed by atoms with Gasteiger partial charge in [0.2, 0.25) is 23.6 Å². The normalized spacial score (nSPS) is 31.8. The van der Waals surface area contributed by atoms with Crippen molar-refractivity contribution in [2.75, 3.05) is 45.5 Å². The summed E-state index contributed by atoms with van der Waals surface area (Å²) in [6, 6.07) is 2.36. The van der Waals surface area contributed by atoms with Crippen molar-refractivity contribution in [3.05, 3.63) is 46.5 Å². The minimum Gasteiger partial charge on any atom is -0.495 e. The molecule has 1 saturated carbocycles. The van der Waals surface area contributed by atoms with E-state index in [1.165, 1.54) is 61.7 Å². The van der Waals surface area contributed by atoms with Crippen LogP contribution >= 0.6 is 23.4 Å². The molecule has 404 valence electrons. The Morgan fingerprint density at radius 3 is 2.36 bits per heavy atom. The Hall–Kier alpha value is -5.55. The summed E-state index contributed by atoms with van der Waals surface area (Å²) in [7, 11) is 5.84. The number of carbonyl (C=O) groups excluding carboxylic acids is 9. The summed E-state index contributed by atoms with van der Waals surface area (Å²) >= 11 is 7.98. The molecule has 23 heteroatoms. The van der Waals surface area contributed by atoms with Crippen LogP contribution in [0.1, 0.15) is 97.5 Å². The van der Waals surface area contributed by atoms with Crippen molar-refractivity contribution in [3.8, 4) is 5.75 Å². The molecule has 2 unspecified atom stereocenters. The van der Waals surface area contributed by atoms with Gasteiger partial charge in [-0.1, -0.05) is 42.3 Å². The van der Waals surface area contributed by atoms with Crippen LogP contribution in [-0.2, 0) is 68.6 Å². The largest absolute Gasteiger partial charge is 0.495 e. The number of allylic oxidation sites excluding steroid dienone is 3. The molecule has 1 aromatic rings. The topological polar surface area (TPSA) is 258 Å². The Kier molecular flexibility index (Phi) is 17.6. The van der Waals surface area contributed by atoms with E-state index in [2.05, 4.69) is 5.32 Å². The number of hydrogen-bond acceptors (Lipinski definition) is 17. The van der Waals surface area contributed by atoms with E-state index >= 15 is 0 Å². The van der Waals surface area contributed by atoms with Crippen LogP contribution < -0.4 is 15.0 Å². The third kappa shape index (κ3) is 12.2. The van der Waals surface area contributed by atoms with E-state index in [9.17, 15) is 48.3 Å². The first kappa shape index (κ1) is 56.2. The van der Waals surface area contributed by atoms with Gasteiger partial charge in [-0.15, -0.1) is 16.8 Å². The molecule has 4 bridgehead atoms. The number of carbonyl (C=O) groups is 9. The van der Waals surface area contributed by atoms with Crippen LogP contribution in [0.4, 0.5) is 10.5 Å². The van der Waals surface area contributed by atoms with Crippen LogP contribution in [0, 0.1) is 17.8 Å². The predicted molar refractivity (Wildman–Crippen MR) is 266 cm³/mol. The molecule has 5 aliphatic heterocycles. The summed E-state index contributed by atoms with van der Waals surface area (Å²) in [4.78, 5) is 127. The molecular formula is C51H66ClN5O16S. The van der Waals surface area contributed by atoms with Crippen LogP contribution in [0.25, 0.3) is 0 Å². The number of anilines is 1. The summed E-state index contributed by atoms with van der Waals surface area (Å²) in [5.41, 5.74) is -1.23. The van der Waals surface area contributed by atoms with E-state index in [1.807, 2.05) is 13.0 Å². The van der Waals surface area contributed by atoms with Gasteiger partial charge in [0.15, 0.2) is 5.72 Å². The summed E-state index contributed by atoms with van der Waals surface area (Å²) in [6.07, 6.45) is 2.04. The van der Waals surface area contributed by atoms with Gasteiger partial charge in [-0.05, 0) is 76.5 Å². The van der Waals surface area contributed by atoms with E-state index in [4.69, 9.17) is 40.1 Å². The second kappa shape index (κ2) is 23.1. The van der Waals surface area contributed by atoms with Crippen LogP contribution in [0.3, 0.4) is 0 Å². The van der Waals surface area contributed by atoms with Crippen molar-refractivity contribution in [2.45, 2.75) is 145 Å². The second-order valence-corrected chi connectivity index (χ2v) is 22.0. The Bertz CT molecular complexity index is 2470. The molecule has 21 nitrogen and oxygen atoms in total. The van der Waals surface area contributed by atoms with Gasteiger partial charge in [0.05, 0.1) is 36.5 Å². The fourth-order valence-electron chi connectivity index (χ4n) is 10.3. The smallest absolute Gasteiger partial charge is 0.409 e. The number of fused-ring (bicyclic) bond motifs is 5. The van der Waals surface area contributed by atoms with Gasteiger partial charge in [0, 0.05) is 71.5 Å². The number of hydrogen-bond donors (Lipinski definition) is 2. The molecule has 7 rings (SSSR count). The zero-order valence-electron chi connectivity index (χ0n) is 42.9. The first-order valence-electron chi connectivity index (χ1n) is 24.9. The van der Waals surface area contributed by atoms with Crippen LogP contribution in [0.15, 0.2) is 35.9 Å². The Morgan fingerprint density at radius 1 is 1.01 bits per heavy atom. The average Bonchev–Trinajstić information content (AvgIpc) is 3.87. The van der Waals surface area contributed by atoms with Crippen molar-refractivity contribution >= 4 is 82.5 Å². The minimum atomic E-state index is -1.89. The fraction of sp³-hybridized carbons (Fsp3) is 0.627. The maximum Gasteiger partial charge on any atom is 0.409 e. The number of benzene rings is 1. The molecule has 5 heterocycles. The number of aliphatic hydroxyl groups is 1. The number of esters is 1. The monoisotopic (exact) mass is 1070 g/mol. The molecule has 9 atom stereocenters. The highest BCUT2D eigenvalue weighted by atomic mass is 35.5. The second-order valence-electron chi connectivity index (χ2n) is 20.3. The Morgan fingerprint density at radius 2 is 1.70 bits per heavy atom. The number of imide groups is 2. The lowest BCUT2D eigenvalue weighted by molar-refractivity contribution is -0.201. The summed E-state index contributed by atoms with van der Waals surface area (Å²) in [5.74, 6) is -4.93. The number of halogens is 1. The molecule has 2 N–H and O–H groups in total. The van der Waals surface area contributed by atoms with Gasteiger partial charge in [0.1, 0.15) is 40.7 Å². The maximum absolute atomic E-state index is 14.4. The number of methoxy groups -OCH3 is 2. The highest BCUT2D eigenvalue weighted by Gasteiger charge is 2.64. The number of rotatable bonds is 13. The molecule has 0 radical (unpaired) electrons. The van der Waals surface area contributed by atoms with E-state index in [0.717, 1.165) is 11.1 Å². The minimum absolute atomic E-state index is 0.00240. The number of nitrogens with zero attached hydrogens (tertiary/aromatic N) is 4. The van der Waals surface area contributed by atoms with Crippen molar-refractivity contribution in [1.29, 1.82) is 0 Å². The number of likely N-dealkylation sites (tertiary alicyclic amines) is 1. The Balaban J connectivity index is 0.986. The predicted octanol–water partition coefficient (Wildman–Crippen LogP) is 4.18. The third-order valence-electron chi connectivity index (χ3n) is 15.2. The van der Waals surface area contributed by atoms with Gasteiger partial charge < -0.3 is 43.4 Å². The molecule has 0 spiro atoms.